The Kier molecular flexibility index (Phi) is 4.37. The molecule has 0 aromatic rings. The molecule has 15 heavy (non-hydrogen) atoms. The summed E-state index contributed by atoms with van der Waals surface area (Å²) < 4.78 is 0. The van der Waals surface area contributed by atoms with Crippen LogP contribution in [0.25, 0.3) is 0 Å². The fourth-order valence-electron chi connectivity index (χ4n) is 1.09. The zero-order valence-electron chi connectivity index (χ0n) is 8.65. The van der Waals surface area contributed by atoms with Crippen LogP contribution in [0.1, 0.15) is 0 Å². The van der Waals surface area contributed by atoms with Crippen LogP contribution >= 0.6 is 0 Å². The molecule has 1 heterocycles. The molecule has 0 saturated heterocycles. The number of hydrogen-bond donors (Lipinski definition) is 0. The first kappa shape index (κ1) is 11.8. The van der Waals surface area contributed by atoms with Crippen LogP contribution in [0.4, 0.5) is 0 Å². The first-order valence-electron chi connectivity index (χ1n) is 4.04. The Morgan fingerprint density at radius 1 is 1.27 bits per heavy atom. The second-order valence-electron chi connectivity index (χ2n) is 2.38. The third-order valence-corrected chi connectivity index (χ3v) is 1.67. The van der Waals surface area contributed by atoms with E-state index in [1.54, 1.807) is 6.08 Å². The molecule has 84 valence electrons. The predicted molar refractivity (Wildman–Crippen MR) is 47.6 cm³/mol. The summed E-state index contributed by atoms with van der Waals surface area (Å²) in [7, 11) is 4.28. The zero-order chi connectivity index (χ0) is 11.3. The summed E-state index contributed by atoms with van der Waals surface area (Å²) in [5, 5.41) is 3.58. The Balaban J connectivity index is 2.91. The van der Waals surface area contributed by atoms with E-state index in [1.807, 2.05) is 0 Å². The van der Waals surface area contributed by atoms with Gasteiger partial charge in [0.05, 0.1) is 27.5 Å². The lowest BCUT2D eigenvalue weighted by molar-refractivity contribution is -0.521. The first-order valence-corrected chi connectivity index (χ1v) is 4.04. The number of hydrogen-bond acceptors (Lipinski definition) is 8. The molecular formula is C7H12N4O4. The fraction of sp³-hybridized carbons (Fsp3) is 0.571. The highest BCUT2D eigenvalue weighted by Crippen LogP contribution is 2.17. The van der Waals surface area contributed by atoms with Crippen molar-refractivity contribution in [3.63, 3.8) is 0 Å². The SMILES string of the molecule is CON1C=CC(N=C=O)N(OC)N1OC. The average molecular weight is 216 g/mol. The number of isocyanates is 1. The summed E-state index contributed by atoms with van der Waals surface area (Å²) in [6.07, 6.45) is 3.91. The molecule has 1 aliphatic heterocycles. The maximum Gasteiger partial charge on any atom is 0.237 e. The molecule has 0 radical (unpaired) electrons. The molecule has 0 spiro atoms. The monoisotopic (exact) mass is 216 g/mol. The molecular weight excluding hydrogens is 204 g/mol. The lowest BCUT2D eigenvalue weighted by Gasteiger charge is -2.39. The molecule has 0 fully saturated rings. The van der Waals surface area contributed by atoms with E-state index >= 15 is 0 Å². The smallest absolute Gasteiger partial charge is 0.237 e. The van der Waals surface area contributed by atoms with Crippen molar-refractivity contribution in [2.24, 2.45) is 4.99 Å². The standard InChI is InChI=1S/C7H12N4O4/c1-13-9-5-4-7(8-6-12)10(14-2)11(9)15-3/h4-5,7H,1-3H3. The molecule has 0 aromatic carbocycles. The van der Waals surface area contributed by atoms with Gasteiger partial charge in [-0.15, -0.1) is 5.17 Å². The highest BCUT2D eigenvalue weighted by atomic mass is 16.9. The number of hydrazine groups is 2. The molecule has 0 saturated carbocycles. The van der Waals surface area contributed by atoms with Gasteiger partial charge in [0.2, 0.25) is 6.08 Å². The van der Waals surface area contributed by atoms with Gasteiger partial charge in [-0.25, -0.2) is 4.79 Å². The molecule has 0 amide bonds. The van der Waals surface area contributed by atoms with Crippen LogP contribution in [0.2, 0.25) is 0 Å². The van der Waals surface area contributed by atoms with Gasteiger partial charge in [-0.05, 0) is 11.2 Å². The van der Waals surface area contributed by atoms with Crippen molar-refractivity contribution >= 4 is 6.08 Å². The third kappa shape index (κ3) is 2.39. The number of carbonyl (C=O) groups excluding carboxylic acids is 1. The van der Waals surface area contributed by atoms with Gasteiger partial charge in [-0.1, -0.05) is 0 Å². The highest BCUT2D eigenvalue weighted by Gasteiger charge is 2.31. The third-order valence-electron chi connectivity index (χ3n) is 1.67. The normalized spacial score (nSPS) is 22.9. The fourth-order valence-corrected chi connectivity index (χ4v) is 1.09. The van der Waals surface area contributed by atoms with Gasteiger partial charge in [0, 0.05) is 5.28 Å². The van der Waals surface area contributed by atoms with E-state index in [0.717, 1.165) is 5.28 Å². The Labute approximate surface area is 86.7 Å². The summed E-state index contributed by atoms with van der Waals surface area (Å²) in [6.45, 7) is 0. The summed E-state index contributed by atoms with van der Waals surface area (Å²) in [5.41, 5.74) is 0. The van der Waals surface area contributed by atoms with Gasteiger partial charge in [0.1, 0.15) is 0 Å². The minimum atomic E-state index is -0.640. The second-order valence-corrected chi connectivity index (χ2v) is 2.38. The molecule has 8 nitrogen and oxygen atoms in total. The topological polar surface area (TPSA) is 66.8 Å². The lowest BCUT2D eigenvalue weighted by Crippen LogP contribution is -2.55. The van der Waals surface area contributed by atoms with Crippen molar-refractivity contribution in [1.82, 2.24) is 15.6 Å². The van der Waals surface area contributed by atoms with Gasteiger partial charge in [-0.3, -0.25) is 14.5 Å². The zero-order valence-corrected chi connectivity index (χ0v) is 8.65. The molecule has 1 aliphatic rings. The Hall–Kier alpha value is -1.28. The van der Waals surface area contributed by atoms with Crippen molar-refractivity contribution in [3.8, 4) is 0 Å². The molecule has 1 rings (SSSR count). The Bertz CT molecular complexity index is 278. The van der Waals surface area contributed by atoms with E-state index in [9.17, 15) is 4.79 Å². The van der Waals surface area contributed by atoms with E-state index in [0.29, 0.717) is 0 Å². The lowest BCUT2D eigenvalue weighted by atomic mass is 10.5. The van der Waals surface area contributed by atoms with Gasteiger partial charge in [0.15, 0.2) is 6.17 Å². The first-order chi connectivity index (χ1) is 7.28. The highest BCUT2D eigenvalue weighted by molar-refractivity contribution is 5.34. The van der Waals surface area contributed by atoms with Crippen LogP contribution in [0.3, 0.4) is 0 Å². The number of hydroxylamine groups is 2. The largest absolute Gasteiger partial charge is 0.281 e. The minimum Gasteiger partial charge on any atom is -0.281 e. The average Bonchev–Trinajstić information content (AvgIpc) is 2.28. The molecule has 1 unspecified atom stereocenters. The van der Waals surface area contributed by atoms with Gasteiger partial charge in [0.25, 0.3) is 0 Å². The summed E-state index contributed by atoms with van der Waals surface area (Å²) in [6, 6.07) is 0. The van der Waals surface area contributed by atoms with Crippen LogP contribution < -0.4 is 0 Å². The van der Waals surface area contributed by atoms with Gasteiger partial charge >= 0.3 is 0 Å². The van der Waals surface area contributed by atoms with E-state index in [1.165, 1.54) is 44.0 Å². The van der Waals surface area contributed by atoms with Crippen molar-refractivity contribution in [3.05, 3.63) is 12.3 Å². The summed E-state index contributed by atoms with van der Waals surface area (Å²) >= 11 is 0. The van der Waals surface area contributed by atoms with Crippen LogP contribution in [0.15, 0.2) is 17.3 Å². The van der Waals surface area contributed by atoms with Crippen LogP contribution in [-0.4, -0.2) is 49.2 Å². The maximum atomic E-state index is 10.2. The number of rotatable bonds is 4. The van der Waals surface area contributed by atoms with Crippen LogP contribution in [-0.2, 0) is 19.3 Å². The molecule has 0 N–H and O–H groups in total. The van der Waals surface area contributed by atoms with Crippen LogP contribution in [0, 0.1) is 0 Å². The van der Waals surface area contributed by atoms with Gasteiger partial charge < -0.3 is 0 Å². The molecule has 0 aliphatic carbocycles. The van der Waals surface area contributed by atoms with E-state index in [-0.39, 0.29) is 0 Å². The second kappa shape index (κ2) is 5.56. The van der Waals surface area contributed by atoms with Crippen molar-refractivity contribution in [2.45, 2.75) is 6.17 Å². The van der Waals surface area contributed by atoms with E-state index in [2.05, 4.69) is 4.99 Å². The van der Waals surface area contributed by atoms with Gasteiger partial charge in [-0.2, -0.15) is 4.99 Å². The summed E-state index contributed by atoms with van der Waals surface area (Å²) in [4.78, 5) is 28.6. The predicted octanol–water partition coefficient (Wildman–Crippen LogP) is -0.404. The summed E-state index contributed by atoms with van der Waals surface area (Å²) in [5.74, 6) is 0. The van der Waals surface area contributed by atoms with E-state index < -0.39 is 6.17 Å². The molecule has 0 aromatic heterocycles. The molecule has 0 bridgehead atoms. The van der Waals surface area contributed by atoms with Crippen molar-refractivity contribution < 1.29 is 19.3 Å². The minimum absolute atomic E-state index is 0.640. The van der Waals surface area contributed by atoms with E-state index in [4.69, 9.17) is 14.5 Å². The molecule has 8 heteroatoms. The Morgan fingerprint density at radius 3 is 2.47 bits per heavy atom. The van der Waals surface area contributed by atoms with Crippen LogP contribution in [0.5, 0.6) is 0 Å². The Morgan fingerprint density at radius 2 is 2.00 bits per heavy atom. The molecule has 1 atom stereocenters. The van der Waals surface area contributed by atoms with Crippen molar-refractivity contribution in [1.29, 1.82) is 0 Å². The maximum absolute atomic E-state index is 10.2. The van der Waals surface area contributed by atoms with Crippen molar-refractivity contribution in [2.75, 3.05) is 21.3 Å². The quantitative estimate of drug-likeness (QED) is 0.467. The number of nitrogens with zero attached hydrogens (tertiary/aromatic N) is 4. The number of aliphatic imine (C=N–C) groups is 1.